The Bertz CT molecular complexity index is 467. The third-order valence-electron chi connectivity index (χ3n) is 2.13. The van der Waals surface area contributed by atoms with Gasteiger partial charge in [-0.15, -0.1) is 10.2 Å². The fourth-order valence-electron chi connectivity index (χ4n) is 1.30. The Morgan fingerprint density at radius 2 is 2.35 bits per heavy atom. The van der Waals surface area contributed by atoms with Crippen molar-refractivity contribution in [2.24, 2.45) is 0 Å². The quantitative estimate of drug-likeness (QED) is 0.770. The minimum atomic E-state index is 0.698. The zero-order valence-electron chi connectivity index (χ0n) is 9.88. The van der Waals surface area contributed by atoms with Crippen LogP contribution in [0.5, 0.6) is 0 Å². The van der Waals surface area contributed by atoms with Crippen molar-refractivity contribution in [3.8, 4) is 5.13 Å². The summed E-state index contributed by atoms with van der Waals surface area (Å²) in [6.07, 6.45) is 1.89. The first-order valence-corrected chi connectivity index (χ1v) is 6.16. The molecular formula is C10H15N5OS. The molecule has 0 radical (unpaired) electrons. The van der Waals surface area contributed by atoms with Crippen LogP contribution in [0.2, 0.25) is 0 Å². The van der Waals surface area contributed by atoms with Crippen molar-refractivity contribution in [1.29, 1.82) is 0 Å². The number of rotatable bonds is 6. The van der Waals surface area contributed by atoms with Gasteiger partial charge in [0.25, 0.3) is 0 Å². The maximum absolute atomic E-state index is 4.95. The Balaban J connectivity index is 1.92. The number of methoxy groups -OCH3 is 1. The first kappa shape index (κ1) is 12.2. The Hall–Kier alpha value is -1.31. The number of ether oxygens (including phenoxy) is 1. The van der Waals surface area contributed by atoms with E-state index in [1.54, 1.807) is 11.8 Å². The van der Waals surface area contributed by atoms with Gasteiger partial charge in [0.1, 0.15) is 5.01 Å². The summed E-state index contributed by atoms with van der Waals surface area (Å²) < 4.78 is 6.69. The van der Waals surface area contributed by atoms with E-state index in [-0.39, 0.29) is 0 Å². The molecule has 0 bridgehead atoms. The van der Waals surface area contributed by atoms with Crippen LogP contribution in [0.4, 0.5) is 0 Å². The standard InChI is InChI=1S/C10H15N5OS/c1-8-3-5-15(14-8)10-13-12-9(17-10)7-11-4-6-16-2/h3,5,11H,4,6-7H2,1-2H3. The second-order valence-corrected chi connectivity index (χ2v) is 4.59. The van der Waals surface area contributed by atoms with Gasteiger partial charge in [-0.3, -0.25) is 0 Å². The van der Waals surface area contributed by atoms with E-state index in [9.17, 15) is 0 Å². The van der Waals surface area contributed by atoms with Crippen molar-refractivity contribution >= 4 is 11.3 Å². The summed E-state index contributed by atoms with van der Waals surface area (Å²) in [7, 11) is 1.69. The van der Waals surface area contributed by atoms with Gasteiger partial charge in [0, 0.05) is 26.4 Å². The van der Waals surface area contributed by atoms with Crippen LogP contribution in [0.3, 0.4) is 0 Å². The summed E-state index contributed by atoms with van der Waals surface area (Å²) >= 11 is 1.53. The largest absolute Gasteiger partial charge is 0.383 e. The Kier molecular flexibility index (Phi) is 4.18. The van der Waals surface area contributed by atoms with Gasteiger partial charge in [-0.2, -0.15) is 5.10 Å². The smallest absolute Gasteiger partial charge is 0.232 e. The molecule has 0 saturated heterocycles. The van der Waals surface area contributed by atoms with Crippen LogP contribution in [0.15, 0.2) is 12.3 Å². The molecule has 0 fully saturated rings. The predicted molar refractivity (Wildman–Crippen MR) is 65.4 cm³/mol. The maximum Gasteiger partial charge on any atom is 0.232 e. The first-order valence-electron chi connectivity index (χ1n) is 5.34. The average Bonchev–Trinajstić information content (AvgIpc) is 2.93. The topological polar surface area (TPSA) is 64.9 Å². The van der Waals surface area contributed by atoms with Crippen LogP contribution in [0, 0.1) is 6.92 Å². The van der Waals surface area contributed by atoms with Gasteiger partial charge < -0.3 is 10.1 Å². The van der Waals surface area contributed by atoms with E-state index in [0.29, 0.717) is 13.2 Å². The fourth-order valence-corrected chi connectivity index (χ4v) is 2.04. The summed E-state index contributed by atoms with van der Waals surface area (Å²) in [5.41, 5.74) is 0.972. The highest BCUT2D eigenvalue weighted by atomic mass is 32.1. The molecule has 2 aromatic rings. The zero-order valence-corrected chi connectivity index (χ0v) is 10.7. The van der Waals surface area contributed by atoms with Crippen molar-refractivity contribution in [3.63, 3.8) is 0 Å². The molecule has 0 aliphatic carbocycles. The van der Waals surface area contributed by atoms with Crippen LogP contribution >= 0.6 is 11.3 Å². The molecule has 17 heavy (non-hydrogen) atoms. The lowest BCUT2D eigenvalue weighted by Crippen LogP contribution is -2.18. The zero-order chi connectivity index (χ0) is 12.1. The number of aryl methyl sites for hydroxylation is 1. The fraction of sp³-hybridized carbons (Fsp3) is 0.500. The molecule has 0 amide bonds. The van der Waals surface area contributed by atoms with Gasteiger partial charge in [0.05, 0.1) is 12.3 Å². The molecule has 1 N–H and O–H groups in total. The van der Waals surface area contributed by atoms with Crippen molar-refractivity contribution < 1.29 is 4.74 Å². The number of nitrogens with one attached hydrogen (secondary N) is 1. The molecule has 0 unspecified atom stereocenters. The summed E-state index contributed by atoms with van der Waals surface area (Å²) in [5.74, 6) is 0. The lowest BCUT2D eigenvalue weighted by atomic mass is 10.5. The van der Waals surface area contributed by atoms with E-state index >= 15 is 0 Å². The van der Waals surface area contributed by atoms with Crippen LogP contribution in [-0.4, -0.2) is 40.2 Å². The van der Waals surface area contributed by atoms with Gasteiger partial charge in [0.2, 0.25) is 5.13 Å². The minimum absolute atomic E-state index is 0.698. The van der Waals surface area contributed by atoms with E-state index in [0.717, 1.165) is 22.4 Å². The molecule has 0 aromatic carbocycles. The number of hydrogen-bond donors (Lipinski definition) is 1. The second-order valence-electron chi connectivity index (χ2n) is 3.55. The Morgan fingerprint density at radius 1 is 1.47 bits per heavy atom. The molecule has 7 heteroatoms. The van der Waals surface area contributed by atoms with Crippen LogP contribution in [0.25, 0.3) is 5.13 Å². The lowest BCUT2D eigenvalue weighted by Gasteiger charge is -1.99. The van der Waals surface area contributed by atoms with E-state index in [4.69, 9.17) is 4.74 Å². The van der Waals surface area contributed by atoms with Gasteiger partial charge in [-0.25, -0.2) is 4.68 Å². The highest BCUT2D eigenvalue weighted by molar-refractivity contribution is 7.13. The molecule has 0 spiro atoms. The van der Waals surface area contributed by atoms with Gasteiger partial charge >= 0.3 is 0 Å². The van der Waals surface area contributed by atoms with Gasteiger partial charge in [-0.05, 0) is 13.0 Å². The monoisotopic (exact) mass is 253 g/mol. The van der Waals surface area contributed by atoms with Gasteiger partial charge in [0.15, 0.2) is 0 Å². The van der Waals surface area contributed by atoms with E-state index in [1.807, 2.05) is 19.2 Å². The lowest BCUT2D eigenvalue weighted by molar-refractivity contribution is 0.199. The van der Waals surface area contributed by atoms with Crippen LogP contribution in [-0.2, 0) is 11.3 Å². The summed E-state index contributed by atoms with van der Waals surface area (Å²) in [5, 5.41) is 17.5. The van der Waals surface area contributed by atoms with Gasteiger partial charge in [-0.1, -0.05) is 11.3 Å². The van der Waals surface area contributed by atoms with Crippen molar-refractivity contribution in [3.05, 3.63) is 23.0 Å². The van der Waals surface area contributed by atoms with E-state index < -0.39 is 0 Å². The highest BCUT2D eigenvalue weighted by Gasteiger charge is 2.06. The number of hydrogen-bond acceptors (Lipinski definition) is 6. The molecule has 92 valence electrons. The van der Waals surface area contributed by atoms with E-state index in [2.05, 4.69) is 20.6 Å². The highest BCUT2D eigenvalue weighted by Crippen LogP contribution is 2.13. The number of aromatic nitrogens is 4. The SMILES string of the molecule is COCCNCc1nnc(-n2ccc(C)n2)s1. The first-order chi connectivity index (χ1) is 8.29. The summed E-state index contributed by atoms with van der Waals surface area (Å²) in [6.45, 7) is 4.17. The molecule has 0 aliphatic heterocycles. The van der Waals surface area contributed by atoms with Crippen molar-refractivity contribution in [1.82, 2.24) is 25.3 Å². The summed E-state index contributed by atoms with van der Waals surface area (Å²) in [4.78, 5) is 0. The summed E-state index contributed by atoms with van der Waals surface area (Å²) in [6, 6.07) is 1.94. The molecular weight excluding hydrogens is 238 g/mol. The molecule has 2 aromatic heterocycles. The third-order valence-corrected chi connectivity index (χ3v) is 3.05. The minimum Gasteiger partial charge on any atom is -0.383 e. The molecule has 2 rings (SSSR count). The second kappa shape index (κ2) is 5.85. The number of nitrogens with zero attached hydrogens (tertiary/aromatic N) is 4. The van der Waals surface area contributed by atoms with Crippen LogP contribution in [0.1, 0.15) is 10.7 Å². The molecule has 0 aliphatic rings. The average molecular weight is 253 g/mol. The molecule has 0 saturated carbocycles. The molecule has 6 nitrogen and oxygen atoms in total. The van der Waals surface area contributed by atoms with Crippen LogP contribution < -0.4 is 5.32 Å². The molecule has 2 heterocycles. The third kappa shape index (κ3) is 3.32. The maximum atomic E-state index is 4.95. The van der Waals surface area contributed by atoms with Crippen molar-refractivity contribution in [2.45, 2.75) is 13.5 Å². The van der Waals surface area contributed by atoms with Crippen molar-refractivity contribution in [2.75, 3.05) is 20.3 Å². The van der Waals surface area contributed by atoms with E-state index in [1.165, 1.54) is 11.3 Å². The predicted octanol–water partition coefficient (Wildman–Crippen LogP) is 0.768. The molecule has 0 atom stereocenters. The Labute approximate surface area is 104 Å². The Morgan fingerprint density at radius 3 is 3.06 bits per heavy atom. The normalized spacial score (nSPS) is 10.9.